The predicted molar refractivity (Wildman–Crippen MR) is 54.5 cm³/mol. The highest BCUT2D eigenvalue weighted by Gasteiger charge is 2.58. The molecule has 3 unspecified atom stereocenters. The largest absolute Gasteiger partial charge is 0.460 e. The van der Waals surface area contributed by atoms with Crippen molar-refractivity contribution in [3.05, 3.63) is 0 Å². The van der Waals surface area contributed by atoms with Crippen molar-refractivity contribution >= 4 is 12.1 Å². The number of nitrogens with zero attached hydrogens (tertiary/aromatic N) is 1. The van der Waals surface area contributed by atoms with E-state index in [0.717, 1.165) is 0 Å². The first-order chi connectivity index (χ1) is 7.54. The zero-order valence-electron chi connectivity index (χ0n) is 9.38. The van der Waals surface area contributed by atoms with Gasteiger partial charge in [-0.1, -0.05) is 0 Å². The molecule has 1 saturated heterocycles. The number of carbonyl (C=O) groups is 2. The first kappa shape index (κ1) is 11.2. The van der Waals surface area contributed by atoms with Gasteiger partial charge in [-0.2, -0.15) is 0 Å². The van der Waals surface area contributed by atoms with Gasteiger partial charge in [-0.05, 0) is 6.92 Å². The third-order valence-electron chi connectivity index (χ3n) is 3.09. The van der Waals surface area contributed by atoms with Crippen LogP contribution in [0.3, 0.4) is 0 Å². The Bertz CT molecular complexity index is 320. The van der Waals surface area contributed by atoms with Crippen molar-refractivity contribution in [2.45, 2.75) is 32.1 Å². The molecule has 6 nitrogen and oxygen atoms in total. The van der Waals surface area contributed by atoms with Gasteiger partial charge in [0.15, 0.2) is 0 Å². The Balaban J connectivity index is 1.91. The highest BCUT2D eigenvalue weighted by Crippen LogP contribution is 2.39. The Kier molecular flexibility index (Phi) is 2.75. The Morgan fingerprint density at radius 1 is 1.69 bits per heavy atom. The molecule has 2 fully saturated rings. The molecule has 1 aliphatic carbocycles. The summed E-state index contributed by atoms with van der Waals surface area (Å²) in [7, 11) is 0. The topological polar surface area (TPSA) is 81.9 Å². The van der Waals surface area contributed by atoms with Crippen LogP contribution in [0, 0.1) is 5.92 Å². The van der Waals surface area contributed by atoms with E-state index in [-0.39, 0.29) is 36.2 Å². The van der Waals surface area contributed by atoms with Gasteiger partial charge in [0.25, 0.3) is 0 Å². The van der Waals surface area contributed by atoms with E-state index in [1.54, 1.807) is 4.90 Å². The molecular formula is C10H16N2O4. The quantitative estimate of drug-likeness (QED) is 0.671. The number of hydrogen-bond donors (Lipinski definition) is 1. The molecule has 0 aromatic rings. The number of cyclic esters (lactones) is 1. The van der Waals surface area contributed by atoms with Crippen LogP contribution in [0.2, 0.25) is 0 Å². The van der Waals surface area contributed by atoms with Gasteiger partial charge in [0.2, 0.25) is 0 Å². The molecular weight excluding hydrogens is 212 g/mol. The molecule has 2 aliphatic rings. The van der Waals surface area contributed by atoms with Crippen molar-refractivity contribution in [3.63, 3.8) is 0 Å². The van der Waals surface area contributed by atoms with Gasteiger partial charge in [0.05, 0.1) is 18.5 Å². The molecule has 1 heterocycles. The van der Waals surface area contributed by atoms with Gasteiger partial charge < -0.3 is 20.1 Å². The number of esters is 1. The molecule has 0 radical (unpaired) electrons. The lowest BCUT2D eigenvalue weighted by Gasteiger charge is -2.08. The summed E-state index contributed by atoms with van der Waals surface area (Å²) < 4.78 is 10.2. The molecule has 0 bridgehead atoms. The van der Waals surface area contributed by atoms with E-state index in [4.69, 9.17) is 15.2 Å². The van der Waals surface area contributed by atoms with Gasteiger partial charge in [-0.15, -0.1) is 0 Å². The number of nitrogens with two attached hydrogens (primary N) is 1. The van der Waals surface area contributed by atoms with Crippen molar-refractivity contribution in [2.24, 2.45) is 11.7 Å². The Morgan fingerprint density at radius 2 is 2.38 bits per heavy atom. The van der Waals surface area contributed by atoms with Crippen LogP contribution in [-0.4, -0.2) is 48.3 Å². The number of carbonyl (C=O) groups excluding carboxylic acids is 2. The van der Waals surface area contributed by atoms with E-state index < -0.39 is 0 Å². The van der Waals surface area contributed by atoms with Crippen molar-refractivity contribution < 1.29 is 19.1 Å². The lowest BCUT2D eigenvalue weighted by atomic mass is 10.2. The number of rotatable bonds is 3. The first-order valence-corrected chi connectivity index (χ1v) is 5.43. The monoisotopic (exact) mass is 228 g/mol. The van der Waals surface area contributed by atoms with E-state index in [2.05, 4.69) is 0 Å². The SMILES string of the molecule is CCN1C[C@H](C2C(N)C2OC(C)=O)OC1=O. The van der Waals surface area contributed by atoms with Crippen LogP contribution in [-0.2, 0) is 14.3 Å². The standard InChI is InChI=1S/C10H16N2O4/c1-3-12-4-6(16-10(12)14)7-8(11)9(7)15-5(2)13/h6-9H,3-4,11H2,1-2H3/t6-,7?,8?,9?/m1/s1. The van der Waals surface area contributed by atoms with Crippen molar-refractivity contribution in [2.75, 3.05) is 13.1 Å². The minimum Gasteiger partial charge on any atom is -0.460 e. The van der Waals surface area contributed by atoms with Crippen molar-refractivity contribution in [3.8, 4) is 0 Å². The Labute approximate surface area is 93.7 Å². The van der Waals surface area contributed by atoms with E-state index in [9.17, 15) is 9.59 Å². The number of likely N-dealkylation sites (N-methyl/N-ethyl adjacent to an activating group) is 1. The normalized spacial score (nSPS) is 37.2. The molecule has 2 N–H and O–H groups in total. The molecule has 4 atom stereocenters. The summed E-state index contributed by atoms with van der Waals surface area (Å²) in [6.07, 6.45) is -0.855. The molecule has 0 aromatic carbocycles. The molecule has 1 amide bonds. The summed E-state index contributed by atoms with van der Waals surface area (Å²) in [5, 5.41) is 0. The minimum atomic E-state index is -0.348. The maximum Gasteiger partial charge on any atom is 0.410 e. The molecule has 16 heavy (non-hydrogen) atoms. The zero-order chi connectivity index (χ0) is 11.9. The molecule has 0 spiro atoms. The summed E-state index contributed by atoms with van der Waals surface area (Å²) in [5.41, 5.74) is 5.78. The maximum absolute atomic E-state index is 11.3. The zero-order valence-corrected chi connectivity index (χ0v) is 9.38. The second-order valence-electron chi connectivity index (χ2n) is 4.19. The lowest BCUT2D eigenvalue weighted by Crippen LogP contribution is -2.26. The third-order valence-corrected chi connectivity index (χ3v) is 3.09. The summed E-state index contributed by atoms with van der Waals surface area (Å²) in [6, 6.07) is -0.210. The lowest BCUT2D eigenvalue weighted by molar-refractivity contribution is -0.143. The summed E-state index contributed by atoms with van der Waals surface area (Å²) in [4.78, 5) is 23.7. The van der Waals surface area contributed by atoms with Crippen LogP contribution in [0.15, 0.2) is 0 Å². The molecule has 0 aromatic heterocycles. The van der Waals surface area contributed by atoms with Crippen LogP contribution >= 0.6 is 0 Å². The first-order valence-electron chi connectivity index (χ1n) is 5.43. The van der Waals surface area contributed by atoms with Gasteiger partial charge in [-0.25, -0.2) is 4.79 Å². The fourth-order valence-corrected chi connectivity index (χ4v) is 2.13. The fraction of sp³-hybridized carbons (Fsp3) is 0.800. The van der Waals surface area contributed by atoms with Gasteiger partial charge in [0.1, 0.15) is 12.2 Å². The average molecular weight is 228 g/mol. The maximum atomic E-state index is 11.3. The van der Waals surface area contributed by atoms with Crippen LogP contribution in [0.5, 0.6) is 0 Å². The summed E-state index contributed by atoms with van der Waals surface area (Å²) in [6.45, 7) is 4.39. The molecule has 6 heteroatoms. The van der Waals surface area contributed by atoms with Crippen LogP contribution < -0.4 is 5.73 Å². The van der Waals surface area contributed by atoms with Crippen LogP contribution in [0.25, 0.3) is 0 Å². The smallest absolute Gasteiger partial charge is 0.410 e. The third kappa shape index (κ3) is 1.84. The van der Waals surface area contributed by atoms with Crippen molar-refractivity contribution in [1.29, 1.82) is 0 Å². The summed E-state index contributed by atoms with van der Waals surface area (Å²) >= 11 is 0. The van der Waals surface area contributed by atoms with Crippen LogP contribution in [0.4, 0.5) is 4.79 Å². The highest BCUT2D eigenvalue weighted by molar-refractivity contribution is 5.70. The number of hydrogen-bond acceptors (Lipinski definition) is 5. The minimum absolute atomic E-state index is 0.0515. The van der Waals surface area contributed by atoms with Crippen LogP contribution in [0.1, 0.15) is 13.8 Å². The van der Waals surface area contributed by atoms with E-state index in [1.807, 2.05) is 6.92 Å². The molecule has 90 valence electrons. The highest BCUT2D eigenvalue weighted by atomic mass is 16.6. The molecule has 1 aliphatic heterocycles. The second-order valence-corrected chi connectivity index (χ2v) is 4.19. The van der Waals surface area contributed by atoms with E-state index >= 15 is 0 Å². The molecule has 1 saturated carbocycles. The fourth-order valence-electron chi connectivity index (χ4n) is 2.13. The van der Waals surface area contributed by atoms with E-state index in [0.29, 0.717) is 13.1 Å². The number of amides is 1. The van der Waals surface area contributed by atoms with E-state index in [1.165, 1.54) is 6.92 Å². The Hall–Kier alpha value is -1.30. The van der Waals surface area contributed by atoms with Gasteiger partial charge in [-0.3, -0.25) is 4.79 Å². The second kappa shape index (κ2) is 3.93. The van der Waals surface area contributed by atoms with Gasteiger partial charge >= 0.3 is 12.1 Å². The molecule has 2 rings (SSSR count). The number of ether oxygens (including phenoxy) is 2. The van der Waals surface area contributed by atoms with Gasteiger partial charge in [0, 0.05) is 13.5 Å². The van der Waals surface area contributed by atoms with Crippen molar-refractivity contribution in [1.82, 2.24) is 4.90 Å². The predicted octanol–water partition coefficient (Wildman–Crippen LogP) is -0.284. The average Bonchev–Trinajstić information content (AvgIpc) is 2.69. The summed E-state index contributed by atoms with van der Waals surface area (Å²) in [5.74, 6) is -0.399. The Morgan fingerprint density at radius 3 is 2.88 bits per heavy atom.